The van der Waals surface area contributed by atoms with Crippen molar-refractivity contribution >= 4 is 23.5 Å². The summed E-state index contributed by atoms with van der Waals surface area (Å²) >= 11 is 5.56. The number of aromatic nitrogens is 1. The molecule has 0 spiro atoms. The standard InChI is InChI=1S/C15H12ClFN2O3/c1-8-3-2-4-12(18-8)14(20)19-13(15(21)22)9-5-6-10(16)11(17)7-9/h2-7,13H,1H3,(H,19,20)(H,21,22). The van der Waals surface area contributed by atoms with Crippen molar-refractivity contribution in [1.82, 2.24) is 10.3 Å². The Bertz CT molecular complexity index is 736. The highest BCUT2D eigenvalue weighted by Gasteiger charge is 2.24. The summed E-state index contributed by atoms with van der Waals surface area (Å²) < 4.78 is 13.5. The SMILES string of the molecule is Cc1cccc(C(=O)NC(C(=O)O)c2ccc(Cl)c(F)c2)n1. The molecule has 0 aliphatic heterocycles. The van der Waals surface area contributed by atoms with E-state index in [-0.39, 0.29) is 16.3 Å². The number of pyridine rings is 1. The zero-order valence-electron chi connectivity index (χ0n) is 11.5. The van der Waals surface area contributed by atoms with Gasteiger partial charge in [-0.1, -0.05) is 23.7 Å². The van der Waals surface area contributed by atoms with Gasteiger partial charge in [-0.05, 0) is 36.8 Å². The van der Waals surface area contributed by atoms with Gasteiger partial charge in [0.25, 0.3) is 5.91 Å². The second-order valence-corrected chi connectivity index (χ2v) is 4.99. The van der Waals surface area contributed by atoms with E-state index in [9.17, 15) is 19.1 Å². The third-order valence-electron chi connectivity index (χ3n) is 2.92. The number of carboxylic acid groups (broad SMARTS) is 1. The van der Waals surface area contributed by atoms with Crippen LogP contribution in [0.2, 0.25) is 5.02 Å². The molecular formula is C15H12ClFN2O3. The van der Waals surface area contributed by atoms with Crippen LogP contribution < -0.4 is 5.32 Å². The number of nitrogens with one attached hydrogen (secondary N) is 1. The van der Waals surface area contributed by atoms with Crippen LogP contribution in [-0.2, 0) is 4.79 Å². The molecule has 1 atom stereocenters. The van der Waals surface area contributed by atoms with Crippen LogP contribution in [0, 0.1) is 12.7 Å². The molecule has 2 aromatic rings. The maximum absolute atomic E-state index is 13.5. The van der Waals surface area contributed by atoms with Gasteiger partial charge in [0, 0.05) is 5.69 Å². The first-order valence-electron chi connectivity index (χ1n) is 6.31. The Kier molecular flexibility index (Phi) is 4.72. The number of amides is 1. The number of halogens is 2. The Hall–Kier alpha value is -2.47. The van der Waals surface area contributed by atoms with Gasteiger partial charge in [-0.2, -0.15) is 0 Å². The Balaban J connectivity index is 2.27. The molecule has 2 N–H and O–H groups in total. The minimum Gasteiger partial charge on any atom is -0.479 e. The topological polar surface area (TPSA) is 79.3 Å². The minimum atomic E-state index is -1.40. The number of aryl methyl sites for hydroxylation is 1. The van der Waals surface area contributed by atoms with E-state index in [1.807, 2.05) is 0 Å². The Morgan fingerprint density at radius 3 is 2.64 bits per heavy atom. The average molecular weight is 323 g/mol. The van der Waals surface area contributed by atoms with Crippen molar-refractivity contribution in [3.05, 3.63) is 64.2 Å². The van der Waals surface area contributed by atoms with E-state index in [1.54, 1.807) is 19.1 Å². The lowest BCUT2D eigenvalue weighted by Gasteiger charge is -2.15. The lowest BCUT2D eigenvalue weighted by molar-refractivity contribution is -0.139. The smallest absolute Gasteiger partial charge is 0.330 e. The Morgan fingerprint density at radius 1 is 1.32 bits per heavy atom. The summed E-state index contributed by atoms with van der Waals surface area (Å²) in [6.07, 6.45) is 0. The second kappa shape index (κ2) is 6.53. The molecule has 0 saturated carbocycles. The molecule has 0 radical (unpaired) electrons. The molecule has 1 unspecified atom stereocenters. The number of carbonyl (C=O) groups excluding carboxylic acids is 1. The summed E-state index contributed by atoms with van der Waals surface area (Å²) in [7, 11) is 0. The molecule has 0 saturated heterocycles. The molecule has 0 fully saturated rings. The van der Waals surface area contributed by atoms with Crippen molar-refractivity contribution in [2.75, 3.05) is 0 Å². The first-order chi connectivity index (χ1) is 10.4. The third kappa shape index (κ3) is 3.59. The van der Waals surface area contributed by atoms with Crippen LogP contribution in [0.25, 0.3) is 0 Å². The molecule has 1 aromatic carbocycles. The number of hydrogen-bond acceptors (Lipinski definition) is 3. The quantitative estimate of drug-likeness (QED) is 0.907. The first-order valence-corrected chi connectivity index (χ1v) is 6.68. The van der Waals surface area contributed by atoms with Gasteiger partial charge in [0.2, 0.25) is 0 Å². The molecule has 0 aliphatic rings. The van der Waals surface area contributed by atoms with Gasteiger partial charge < -0.3 is 10.4 Å². The zero-order valence-corrected chi connectivity index (χ0v) is 12.3. The normalized spacial score (nSPS) is 11.8. The van der Waals surface area contributed by atoms with Crippen LogP contribution >= 0.6 is 11.6 Å². The number of benzene rings is 1. The van der Waals surface area contributed by atoms with Crippen molar-refractivity contribution in [3.8, 4) is 0 Å². The van der Waals surface area contributed by atoms with Crippen LogP contribution in [0.5, 0.6) is 0 Å². The van der Waals surface area contributed by atoms with E-state index >= 15 is 0 Å². The van der Waals surface area contributed by atoms with Crippen molar-refractivity contribution in [2.45, 2.75) is 13.0 Å². The van der Waals surface area contributed by atoms with Gasteiger partial charge >= 0.3 is 5.97 Å². The van der Waals surface area contributed by atoms with Crippen LogP contribution in [0.15, 0.2) is 36.4 Å². The number of carboxylic acids is 1. The highest BCUT2D eigenvalue weighted by atomic mass is 35.5. The zero-order chi connectivity index (χ0) is 16.3. The van der Waals surface area contributed by atoms with E-state index in [0.29, 0.717) is 5.69 Å². The molecule has 2 rings (SSSR count). The number of aliphatic carboxylic acids is 1. The van der Waals surface area contributed by atoms with Crippen LogP contribution in [0.4, 0.5) is 4.39 Å². The second-order valence-electron chi connectivity index (χ2n) is 4.58. The predicted octanol–water partition coefficient (Wildman–Crippen LogP) is 2.74. The largest absolute Gasteiger partial charge is 0.479 e. The Labute approximate surface area is 130 Å². The Morgan fingerprint density at radius 2 is 2.05 bits per heavy atom. The van der Waals surface area contributed by atoms with Crippen molar-refractivity contribution in [3.63, 3.8) is 0 Å². The lowest BCUT2D eigenvalue weighted by Crippen LogP contribution is -2.34. The molecule has 0 bridgehead atoms. The highest BCUT2D eigenvalue weighted by Crippen LogP contribution is 2.21. The number of carbonyl (C=O) groups is 2. The summed E-state index contributed by atoms with van der Waals surface area (Å²) in [5.41, 5.74) is 0.785. The van der Waals surface area contributed by atoms with Gasteiger partial charge in [0.15, 0.2) is 6.04 Å². The van der Waals surface area contributed by atoms with E-state index < -0.39 is 23.7 Å². The van der Waals surface area contributed by atoms with E-state index in [0.717, 1.165) is 6.07 Å². The van der Waals surface area contributed by atoms with E-state index in [2.05, 4.69) is 10.3 Å². The highest BCUT2D eigenvalue weighted by molar-refractivity contribution is 6.30. The van der Waals surface area contributed by atoms with Crippen LogP contribution in [0.3, 0.4) is 0 Å². The third-order valence-corrected chi connectivity index (χ3v) is 3.23. The average Bonchev–Trinajstić information content (AvgIpc) is 2.47. The molecule has 7 heteroatoms. The number of rotatable bonds is 4. The van der Waals surface area contributed by atoms with Crippen LogP contribution in [0.1, 0.15) is 27.8 Å². The van der Waals surface area contributed by atoms with Crippen molar-refractivity contribution in [1.29, 1.82) is 0 Å². The van der Waals surface area contributed by atoms with Crippen molar-refractivity contribution < 1.29 is 19.1 Å². The van der Waals surface area contributed by atoms with Crippen LogP contribution in [-0.4, -0.2) is 22.0 Å². The fourth-order valence-electron chi connectivity index (χ4n) is 1.85. The maximum Gasteiger partial charge on any atom is 0.330 e. The summed E-state index contributed by atoms with van der Waals surface area (Å²) in [5.74, 6) is -2.73. The summed E-state index contributed by atoms with van der Waals surface area (Å²) in [6.45, 7) is 1.71. The van der Waals surface area contributed by atoms with E-state index in [1.165, 1.54) is 18.2 Å². The molecular weight excluding hydrogens is 311 g/mol. The fraction of sp³-hybridized carbons (Fsp3) is 0.133. The van der Waals surface area contributed by atoms with E-state index in [4.69, 9.17) is 11.6 Å². The van der Waals surface area contributed by atoms with Gasteiger partial charge in [-0.25, -0.2) is 14.2 Å². The molecule has 5 nitrogen and oxygen atoms in total. The number of nitrogens with zero attached hydrogens (tertiary/aromatic N) is 1. The van der Waals surface area contributed by atoms with Crippen molar-refractivity contribution in [2.24, 2.45) is 0 Å². The summed E-state index contributed by atoms with van der Waals surface area (Å²) in [4.78, 5) is 27.4. The molecule has 1 heterocycles. The molecule has 0 aliphatic carbocycles. The summed E-state index contributed by atoms with van der Waals surface area (Å²) in [6, 6.07) is 6.96. The monoisotopic (exact) mass is 322 g/mol. The number of hydrogen-bond donors (Lipinski definition) is 2. The molecule has 1 aromatic heterocycles. The molecule has 1 amide bonds. The first kappa shape index (κ1) is 15.9. The summed E-state index contributed by atoms with van der Waals surface area (Å²) in [5, 5.41) is 11.4. The fourth-order valence-corrected chi connectivity index (χ4v) is 1.97. The van der Waals surface area contributed by atoms with Gasteiger partial charge in [0.1, 0.15) is 11.5 Å². The van der Waals surface area contributed by atoms with Gasteiger partial charge in [-0.3, -0.25) is 4.79 Å². The molecule has 114 valence electrons. The molecule has 22 heavy (non-hydrogen) atoms. The lowest BCUT2D eigenvalue weighted by atomic mass is 10.1. The maximum atomic E-state index is 13.5. The predicted molar refractivity (Wildman–Crippen MR) is 78.2 cm³/mol. The van der Waals surface area contributed by atoms with Gasteiger partial charge in [-0.15, -0.1) is 0 Å². The van der Waals surface area contributed by atoms with Gasteiger partial charge in [0.05, 0.1) is 5.02 Å². The minimum absolute atomic E-state index is 0.0791.